The van der Waals surface area contributed by atoms with Gasteiger partial charge in [-0.3, -0.25) is 0 Å². The van der Waals surface area contributed by atoms with Gasteiger partial charge in [0.05, 0.1) is 0 Å². The first-order valence-electron chi connectivity index (χ1n) is 8.66. The molecular formula is C16H37NO2Si. The van der Waals surface area contributed by atoms with Crippen LogP contribution in [0, 0.1) is 0 Å². The van der Waals surface area contributed by atoms with Crippen LogP contribution < -0.4 is 0 Å². The Morgan fingerprint density at radius 2 is 1.40 bits per heavy atom. The molecule has 3 nitrogen and oxygen atoms in total. The molecule has 20 heavy (non-hydrogen) atoms. The SMILES string of the molecule is CCCCN(CCCC)C(C)CC[SiH](OCC)OCC. The van der Waals surface area contributed by atoms with Crippen LogP contribution in [0.4, 0.5) is 0 Å². The molecule has 0 rings (SSSR count). The number of hydrogen-bond acceptors (Lipinski definition) is 3. The molecule has 1 unspecified atom stereocenters. The molecule has 4 heteroatoms. The molecule has 0 aliphatic rings. The first-order chi connectivity index (χ1) is 9.69. The average Bonchev–Trinajstić information content (AvgIpc) is 2.45. The fraction of sp³-hybridized carbons (Fsp3) is 1.00. The second-order valence-electron chi connectivity index (χ2n) is 5.51. The molecule has 0 fully saturated rings. The molecule has 0 N–H and O–H groups in total. The van der Waals surface area contributed by atoms with Crippen molar-refractivity contribution in [3.05, 3.63) is 0 Å². The van der Waals surface area contributed by atoms with E-state index in [0.717, 1.165) is 19.3 Å². The highest BCUT2D eigenvalue weighted by molar-refractivity contribution is 6.44. The van der Waals surface area contributed by atoms with Gasteiger partial charge in [-0.1, -0.05) is 26.7 Å². The standard InChI is InChI=1S/C16H37NO2Si/c1-6-10-13-17(14-11-7-2)16(5)12-15-20(18-8-3)19-9-4/h16,20H,6-15H2,1-5H3. The lowest BCUT2D eigenvalue weighted by molar-refractivity contribution is 0.184. The van der Waals surface area contributed by atoms with Crippen LogP contribution >= 0.6 is 0 Å². The summed E-state index contributed by atoms with van der Waals surface area (Å²) >= 11 is 0. The molecule has 0 bridgehead atoms. The van der Waals surface area contributed by atoms with E-state index in [4.69, 9.17) is 8.85 Å². The maximum atomic E-state index is 5.77. The zero-order valence-corrected chi connectivity index (χ0v) is 15.6. The Morgan fingerprint density at radius 3 is 1.80 bits per heavy atom. The molecular weight excluding hydrogens is 266 g/mol. The van der Waals surface area contributed by atoms with E-state index in [1.807, 2.05) is 0 Å². The third-order valence-electron chi connectivity index (χ3n) is 3.75. The quantitative estimate of drug-likeness (QED) is 0.453. The number of nitrogens with zero attached hydrogens (tertiary/aromatic N) is 1. The first kappa shape index (κ1) is 20.1. The van der Waals surface area contributed by atoms with Crippen LogP contribution in [0.25, 0.3) is 0 Å². The molecule has 0 saturated carbocycles. The Labute approximate surface area is 128 Å². The molecule has 0 aromatic heterocycles. The predicted molar refractivity (Wildman–Crippen MR) is 90.7 cm³/mol. The Kier molecular flexibility index (Phi) is 14.1. The van der Waals surface area contributed by atoms with Gasteiger partial charge in [0.1, 0.15) is 0 Å². The van der Waals surface area contributed by atoms with E-state index >= 15 is 0 Å². The molecule has 0 heterocycles. The molecule has 0 aliphatic heterocycles. The zero-order chi connectivity index (χ0) is 15.2. The van der Waals surface area contributed by atoms with E-state index < -0.39 is 9.28 Å². The van der Waals surface area contributed by atoms with Crippen molar-refractivity contribution in [3.63, 3.8) is 0 Å². The van der Waals surface area contributed by atoms with Crippen LogP contribution in [0.5, 0.6) is 0 Å². The van der Waals surface area contributed by atoms with Crippen LogP contribution in [-0.2, 0) is 8.85 Å². The van der Waals surface area contributed by atoms with Gasteiger partial charge in [0.2, 0.25) is 0 Å². The van der Waals surface area contributed by atoms with Crippen molar-refractivity contribution in [1.29, 1.82) is 0 Å². The van der Waals surface area contributed by atoms with Crippen LogP contribution in [0.3, 0.4) is 0 Å². The second-order valence-corrected chi connectivity index (χ2v) is 7.61. The van der Waals surface area contributed by atoms with Gasteiger partial charge in [-0.15, -0.1) is 0 Å². The summed E-state index contributed by atoms with van der Waals surface area (Å²) in [7, 11) is -1.41. The van der Waals surface area contributed by atoms with E-state index in [1.54, 1.807) is 0 Å². The van der Waals surface area contributed by atoms with Crippen molar-refractivity contribution >= 4 is 9.28 Å². The molecule has 0 saturated heterocycles. The van der Waals surface area contributed by atoms with Gasteiger partial charge in [0, 0.05) is 19.3 Å². The van der Waals surface area contributed by atoms with Gasteiger partial charge in [-0.2, -0.15) is 0 Å². The summed E-state index contributed by atoms with van der Waals surface area (Å²) in [5, 5.41) is 0. The monoisotopic (exact) mass is 303 g/mol. The lowest BCUT2D eigenvalue weighted by atomic mass is 10.1. The topological polar surface area (TPSA) is 21.7 Å². The Bertz CT molecular complexity index is 191. The van der Waals surface area contributed by atoms with Gasteiger partial charge in [-0.05, 0) is 59.2 Å². The molecule has 0 aromatic carbocycles. The van der Waals surface area contributed by atoms with Gasteiger partial charge in [-0.25, -0.2) is 0 Å². The van der Waals surface area contributed by atoms with Crippen molar-refractivity contribution in [3.8, 4) is 0 Å². The summed E-state index contributed by atoms with van der Waals surface area (Å²) in [4.78, 5) is 2.66. The Hall–Kier alpha value is 0.0969. The summed E-state index contributed by atoms with van der Waals surface area (Å²) in [6.45, 7) is 15.1. The average molecular weight is 304 g/mol. The minimum atomic E-state index is -1.41. The van der Waals surface area contributed by atoms with Crippen LogP contribution in [0.1, 0.15) is 66.7 Å². The van der Waals surface area contributed by atoms with E-state index in [-0.39, 0.29) is 0 Å². The molecule has 1 atom stereocenters. The normalized spacial score (nSPS) is 13.3. The summed E-state index contributed by atoms with van der Waals surface area (Å²) in [5.41, 5.74) is 0. The number of hydrogen-bond donors (Lipinski definition) is 0. The summed E-state index contributed by atoms with van der Waals surface area (Å²) < 4.78 is 11.5. The molecule has 122 valence electrons. The maximum absolute atomic E-state index is 5.77. The number of rotatable bonds is 14. The lowest BCUT2D eigenvalue weighted by Crippen LogP contribution is -2.36. The van der Waals surface area contributed by atoms with E-state index in [1.165, 1.54) is 45.2 Å². The van der Waals surface area contributed by atoms with Gasteiger partial charge < -0.3 is 13.8 Å². The minimum Gasteiger partial charge on any atom is -0.397 e. The summed E-state index contributed by atoms with van der Waals surface area (Å²) in [5.74, 6) is 0. The van der Waals surface area contributed by atoms with Gasteiger partial charge in [0.25, 0.3) is 0 Å². The summed E-state index contributed by atoms with van der Waals surface area (Å²) in [6, 6.07) is 1.79. The fourth-order valence-electron chi connectivity index (χ4n) is 2.42. The van der Waals surface area contributed by atoms with Crippen LogP contribution in [0.15, 0.2) is 0 Å². The van der Waals surface area contributed by atoms with Crippen LogP contribution in [0.2, 0.25) is 6.04 Å². The smallest absolute Gasteiger partial charge is 0.321 e. The van der Waals surface area contributed by atoms with Crippen LogP contribution in [-0.4, -0.2) is 46.5 Å². The van der Waals surface area contributed by atoms with Gasteiger partial charge >= 0.3 is 9.28 Å². The second kappa shape index (κ2) is 14.1. The third-order valence-corrected chi connectivity index (χ3v) is 5.96. The minimum absolute atomic E-state index is 0.656. The van der Waals surface area contributed by atoms with Crippen molar-refractivity contribution in [1.82, 2.24) is 4.90 Å². The van der Waals surface area contributed by atoms with Crippen molar-refractivity contribution in [2.45, 2.75) is 78.8 Å². The van der Waals surface area contributed by atoms with Gasteiger partial charge in [0.15, 0.2) is 0 Å². The third kappa shape index (κ3) is 9.92. The molecule has 0 radical (unpaired) electrons. The van der Waals surface area contributed by atoms with E-state index in [2.05, 4.69) is 39.5 Å². The highest BCUT2D eigenvalue weighted by Crippen LogP contribution is 2.13. The largest absolute Gasteiger partial charge is 0.397 e. The molecule has 0 amide bonds. The van der Waals surface area contributed by atoms with Crippen molar-refractivity contribution in [2.75, 3.05) is 26.3 Å². The molecule has 0 spiro atoms. The molecule has 0 aromatic rings. The van der Waals surface area contributed by atoms with Crippen molar-refractivity contribution in [2.24, 2.45) is 0 Å². The highest BCUT2D eigenvalue weighted by atomic mass is 28.3. The van der Waals surface area contributed by atoms with E-state index in [0.29, 0.717) is 6.04 Å². The maximum Gasteiger partial charge on any atom is 0.321 e. The Balaban J connectivity index is 4.15. The fourth-order valence-corrected chi connectivity index (χ4v) is 4.35. The predicted octanol–water partition coefficient (Wildman–Crippen LogP) is 3.96. The molecule has 0 aliphatic carbocycles. The first-order valence-corrected chi connectivity index (χ1v) is 10.4. The summed E-state index contributed by atoms with van der Waals surface area (Å²) in [6.07, 6.45) is 6.40. The highest BCUT2D eigenvalue weighted by Gasteiger charge is 2.18. The Morgan fingerprint density at radius 1 is 0.900 bits per heavy atom. The van der Waals surface area contributed by atoms with E-state index in [9.17, 15) is 0 Å². The van der Waals surface area contributed by atoms with Crippen molar-refractivity contribution < 1.29 is 8.85 Å². The zero-order valence-electron chi connectivity index (χ0n) is 14.5. The lowest BCUT2D eigenvalue weighted by Gasteiger charge is -2.30. The number of unbranched alkanes of at least 4 members (excludes halogenated alkanes) is 2.